The number of carbonyl (C=O) groups excluding carboxylic acids is 1. The summed E-state index contributed by atoms with van der Waals surface area (Å²) in [5.41, 5.74) is 0.222. The van der Waals surface area contributed by atoms with Gasteiger partial charge in [-0.1, -0.05) is 12.1 Å². The van der Waals surface area contributed by atoms with Crippen LogP contribution in [0.3, 0.4) is 0 Å². The van der Waals surface area contributed by atoms with Crippen molar-refractivity contribution in [3.8, 4) is 0 Å². The van der Waals surface area contributed by atoms with Crippen LogP contribution in [-0.4, -0.2) is 47.8 Å². The largest absolute Gasteiger partial charge is 0.393 e. The highest BCUT2D eigenvalue weighted by atomic mass is 19.2. The number of carbonyl (C=O) groups is 1. The molecule has 0 aromatic heterocycles. The molecule has 3 atom stereocenters. The number of halogens is 2. The molecular weight excluding hydrogens is 316 g/mol. The number of aliphatic hydroxyl groups is 1. The predicted molar refractivity (Wildman–Crippen MR) is 84.3 cm³/mol. The molecule has 2 saturated heterocycles. The molecule has 1 aromatic rings. The molecule has 2 aliphatic rings. The maximum Gasteiger partial charge on any atom is 0.223 e. The van der Waals surface area contributed by atoms with Gasteiger partial charge in [0.2, 0.25) is 5.91 Å². The van der Waals surface area contributed by atoms with Gasteiger partial charge < -0.3 is 14.7 Å². The third-order valence-electron chi connectivity index (χ3n) is 5.12. The summed E-state index contributed by atoms with van der Waals surface area (Å²) in [5.74, 6) is -1.89. The Bertz CT molecular complexity index is 596. The highest BCUT2D eigenvalue weighted by molar-refractivity contribution is 5.77. The number of benzene rings is 1. The second-order valence-corrected chi connectivity index (χ2v) is 6.60. The van der Waals surface area contributed by atoms with Crippen molar-refractivity contribution in [2.75, 3.05) is 19.8 Å². The molecule has 1 aromatic carbocycles. The number of hydrogen-bond donors (Lipinski definition) is 1. The second kappa shape index (κ2) is 7.57. The number of hydrogen-bond acceptors (Lipinski definition) is 3. The van der Waals surface area contributed by atoms with Crippen LogP contribution >= 0.6 is 0 Å². The van der Waals surface area contributed by atoms with Crippen LogP contribution in [0.25, 0.3) is 0 Å². The monoisotopic (exact) mass is 339 g/mol. The van der Waals surface area contributed by atoms with Gasteiger partial charge in [0, 0.05) is 31.5 Å². The molecule has 2 heterocycles. The standard InChI is InChI=1S/C18H23F2NO3/c19-14-4-1-3-12(18(14)20)6-7-17(23)21-9-2-5-15(21)13-11-24-10-8-16(13)22/h1,3-4,13,15-16,22H,2,5-11H2/t13-,15+,16-/m0/s1. The molecule has 1 N–H and O–H groups in total. The first kappa shape index (κ1) is 17.3. The minimum Gasteiger partial charge on any atom is -0.393 e. The van der Waals surface area contributed by atoms with Crippen molar-refractivity contribution in [3.63, 3.8) is 0 Å². The molecule has 0 aliphatic carbocycles. The van der Waals surface area contributed by atoms with E-state index in [1.165, 1.54) is 12.1 Å². The van der Waals surface area contributed by atoms with Gasteiger partial charge in [0.25, 0.3) is 0 Å². The normalized spacial score (nSPS) is 27.5. The highest BCUT2D eigenvalue weighted by Crippen LogP contribution is 2.30. The molecule has 24 heavy (non-hydrogen) atoms. The zero-order valence-electron chi connectivity index (χ0n) is 13.6. The number of ether oxygens (including phenoxy) is 1. The number of aliphatic hydroxyl groups excluding tert-OH is 1. The Kier molecular flexibility index (Phi) is 5.46. The molecule has 6 heteroatoms. The molecule has 0 saturated carbocycles. The molecule has 2 fully saturated rings. The van der Waals surface area contributed by atoms with Gasteiger partial charge in [0.1, 0.15) is 0 Å². The summed E-state index contributed by atoms with van der Waals surface area (Å²) in [5, 5.41) is 10.2. The molecule has 0 spiro atoms. The van der Waals surface area contributed by atoms with Crippen molar-refractivity contribution in [2.24, 2.45) is 5.92 Å². The maximum absolute atomic E-state index is 13.7. The topological polar surface area (TPSA) is 49.8 Å². The molecule has 0 bridgehead atoms. The molecule has 0 radical (unpaired) electrons. The lowest BCUT2D eigenvalue weighted by atomic mass is 9.89. The van der Waals surface area contributed by atoms with Crippen LogP contribution < -0.4 is 0 Å². The minimum atomic E-state index is -0.888. The van der Waals surface area contributed by atoms with Crippen LogP contribution in [0, 0.1) is 17.6 Å². The van der Waals surface area contributed by atoms with Crippen molar-refractivity contribution < 1.29 is 23.4 Å². The van der Waals surface area contributed by atoms with E-state index < -0.39 is 17.7 Å². The molecule has 0 unspecified atom stereocenters. The Balaban J connectivity index is 1.62. The number of aryl methyl sites for hydroxylation is 1. The SMILES string of the molecule is O=C(CCc1cccc(F)c1F)N1CCC[C@@H]1[C@@H]1COCC[C@@H]1O. The molecular formula is C18H23F2NO3. The van der Waals surface area contributed by atoms with Crippen LogP contribution in [0.1, 0.15) is 31.2 Å². The van der Waals surface area contributed by atoms with Crippen molar-refractivity contribution in [1.82, 2.24) is 4.90 Å². The van der Waals surface area contributed by atoms with E-state index in [2.05, 4.69) is 0 Å². The van der Waals surface area contributed by atoms with Crippen LogP contribution in [0.2, 0.25) is 0 Å². The summed E-state index contributed by atoms with van der Waals surface area (Å²) < 4.78 is 32.4. The fourth-order valence-corrected chi connectivity index (χ4v) is 3.79. The van der Waals surface area contributed by atoms with E-state index in [0.717, 1.165) is 18.9 Å². The van der Waals surface area contributed by atoms with Gasteiger partial charge in [0.05, 0.1) is 12.7 Å². The molecule has 1 amide bonds. The summed E-state index contributed by atoms with van der Waals surface area (Å²) in [4.78, 5) is 14.4. The lowest BCUT2D eigenvalue weighted by Crippen LogP contribution is -2.48. The van der Waals surface area contributed by atoms with Crippen molar-refractivity contribution in [2.45, 2.75) is 44.2 Å². The Hall–Kier alpha value is -1.53. The zero-order valence-corrected chi connectivity index (χ0v) is 13.6. The number of rotatable bonds is 4. The Morgan fingerprint density at radius 2 is 2.17 bits per heavy atom. The van der Waals surface area contributed by atoms with E-state index >= 15 is 0 Å². The number of nitrogens with zero attached hydrogens (tertiary/aromatic N) is 1. The number of amides is 1. The highest BCUT2D eigenvalue weighted by Gasteiger charge is 2.39. The van der Waals surface area contributed by atoms with Crippen LogP contribution in [0.4, 0.5) is 8.78 Å². The Morgan fingerprint density at radius 3 is 2.96 bits per heavy atom. The molecule has 3 rings (SSSR count). The van der Waals surface area contributed by atoms with E-state index in [1.54, 1.807) is 4.90 Å². The maximum atomic E-state index is 13.7. The lowest BCUT2D eigenvalue weighted by Gasteiger charge is -2.37. The second-order valence-electron chi connectivity index (χ2n) is 6.60. The van der Waals surface area contributed by atoms with Crippen LogP contribution in [0.5, 0.6) is 0 Å². The molecule has 2 aliphatic heterocycles. The van der Waals surface area contributed by atoms with Crippen molar-refractivity contribution in [1.29, 1.82) is 0 Å². The first-order chi connectivity index (χ1) is 11.6. The Morgan fingerprint density at radius 1 is 1.33 bits per heavy atom. The fraction of sp³-hybridized carbons (Fsp3) is 0.611. The van der Waals surface area contributed by atoms with Gasteiger partial charge in [-0.25, -0.2) is 8.78 Å². The zero-order chi connectivity index (χ0) is 17.1. The van der Waals surface area contributed by atoms with Crippen molar-refractivity contribution >= 4 is 5.91 Å². The summed E-state index contributed by atoms with van der Waals surface area (Å²) in [6, 6.07) is 4.00. The van der Waals surface area contributed by atoms with Gasteiger partial charge in [-0.2, -0.15) is 0 Å². The third kappa shape index (κ3) is 3.59. The molecule has 4 nitrogen and oxygen atoms in total. The van der Waals surface area contributed by atoms with E-state index in [-0.39, 0.29) is 36.3 Å². The third-order valence-corrected chi connectivity index (χ3v) is 5.12. The quantitative estimate of drug-likeness (QED) is 0.916. The van der Waals surface area contributed by atoms with Crippen molar-refractivity contribution in [3.05, 3.63) is 35.4 Å². The average molecular weight is 339 g/mol. The smallest absolute Gasteiger partial charge is 0.223 e. The van der Waals surface area contributed by atoms with E-state index in [9.17, 15) is 18.7 Å². The lowest BCUT2D eigenvalue weighted by molar-refractivity contribution is -0.136. The van der Waals surface area contributed by atoms with Crippen LogP contribution in [-0.2, 0) is 16.0 Å². The van der Waals surface area contributed by atoms with Gasteiger partial charge in [0.15, 0.2) is 11.6 Å². The summed E-state index contributed by atoms with van der Waals surface area (Å²) in [6.45, 7) is 1.67. The van der Waals surface area contributed by atoms with E-state index in [4.69, 9.17) is 4.74 Å². The Labute approximate surface area is 140 Å². The average Bonchev–Trinajstić information content (AvgIpc) is 3.06. The predicted octanol–water partition coefficient (Wildman–Crippen LogP) is 2.29. The molecule has 132 valence electrons. The minimum absolute atomic E-state index is 0.0230. The first-order valence-electron chi connectivity index (χ1n) is 8.56. The van der Waals surface area contributed by atoms with Gasteiger partial charge in [-0.05, 0) is 37.3 Å². The van der Waals surface area contributed by atoms with E-state index in [1.807, 2.05) is 0 Å². The summed E-state index contributed by atoms with van der Waals surface area (Å²) in [6.07, 6.45) is 2.21. The van der Waals surface area contributed by atoms with Gasteiger partial charge in [-0.15, -0.1) is 0 Å². The van der Waals surface area contributed by atoms with Gasteiger partial charge >= 0.3 is 0 Å². The fourth-order valence-electron chi connectivity index (χ4n) is 3.79. The first-order valence-corrected chi connectivity index (χ1v) is 8.56. The van der Waals surface area contributed by atoms with Crippen LogP contribution in [0.15, 0.2) is 18.2 Å². The van der Waals surface area contributed by atoms with Gasteiger partial charge in [-0.3, -0.25) is 4.79 Å². The summed E-state index contributed by atoms with van der Waals surface area (Å²) >= 11 is 0. The number of likely N-dealkylation sites (tertiary alicyclic amines) is 1. The van der Waals surface area contributed by atoms with E-state index in [0.29, 0.717) is 26.2 Å². The summed E-state index contributed by atoms with van der Waals surface area (Å²) in [7, 11) is 0.